The first-order valence-electron chi connectivity index (χ1n) is 9.00. The zero-order valence-corrected chi connectivity index (χ0v) is 17.4. The standard InChI is InChI=1S/C20H15F4NO4S2/c21-14-6-4-11(9-13(14)20(22,23)24)15-7-5-12(29-15)10-16-18(28)25(19(30)31-16)8-2-1-3-17(26)27/h4-7,9-10H,1-3,8H2,(H,26,27). The van der Waals surface area contributed by atoms with Crippen molar-refractivity contribution in [1.29, 1.82) is 0 Å². The Kier molecular flexibility index (Phi) is 6.85. The largest absolute Gasteiger partial charge is 0.481 e. The van der Waals surface area contributed by atoms with E-state index in [0.29, 0.717) is 23.2 Å². The Morgan fingerprint density at radius 3 is 2.65 bits per heavy atom. The Bertz CT molecular complexity index is 1060. The fraction of sp³-hybridized carbons (Fsp3) is 0.250. The highest BCUT2D eigenvalue weighted by atomic mass is 32.2. The van der Waals surface area contributed by atoms with Gasteiger partial charge >= 0.3 is 12.1 Å². The number of nitrogens with zero attached hydrogens (tertiary/aromatic N) is 1. The average Bonchev–Trinajstić information content (AvgIpc) is 3.24. The number of amides is 1. The zero-order chi connectivity index (χ0) is 22.8. The van der Waals surface area contributed by atoms with Crippen LogP contribution >= 0.6 is 24.0 Å². The molecule has 0 spiro atoms. The number of carboxylic acids is 1. The van der Waals surface area contributed by atoms with E-state index in [9.17, 15) is 27.2 Å². The Labute approximate surface area is 183 Å². The summed E-state index contributed by atoms with van der Waals surface area (Å²) in [7, 11) is 0. The maximum atomic E-state index is 13.5. The minimum Gasteiger partial charge on any atom is -0.481 e. The molecule has 11 heteroatoms. The molecule has 0 aliphatic carbocycles. The molecule has 2 aromatic rings. The van der Waals surface area contributed by atoms with Gasteiger partial charge in [0.1, 0.15) is 21.7 Å². The number of hydrogen-bond donors (Lipinski definition) is 1. The van der Waals surface area contributed by atoms with Gasteiger partial charge in [0.2, 0.25) is 0 Å². The number of benzene rings is 1. The molecule has 1 N–H and O–H groups in total. The van der Waals surface area contributed by atoms with E-state index >= 15 is 0 Å². The SMILES string of the molecule is O=C(O)CCCCN1C(=O)C(=Cc2ccc(-c3ccc(F)c(C(F)(F)F)c3)o2)SC1=S. The average molecular weight is 473 g/mol. The van der Waals surface area contributed by atoms with Crippen molar-refractivity contribution in [1.82, 2.24) is 4.90 Å². The maximum absolute atomic E-state index is 13.5. The minimum absolute atomic E-state index is 0.000752. The van der Waals surface area contributed by atoms with Gasteiger partial charge in [0, 0.05) is 24.6 Å². The van der Waals surface area contributed by atoms with Crippen molar-refractivity contribution in [3.8, 4) is 11.3 Å². The van der Waals surface area contributed by atoms with Gasteiger partial charge in [-0.2, -0.15) is 13.2 Å². The molecule has 0 atom stereocenters. The zero-order valence-electron chi connectivity index (χ0n) is 15.7. The number of rotatable bonds is 7. The number of unbranched alkanes of at least 4 members (excludes halogenated alkanes) is 1. The number of thiocarbonyl (C=S) groups is 1. The molecule has 2 heterocycles. The van der Waals surface area contributed by atoms with Crippen LogP contribution in [0.2, 0.25) is 0 Å². The summed E-state index contributed by atoms with van der Waals surface area (Å²) < 4.78 is 58.1. The van der Waals surface area contributed by atoms with Crippen LogP contribution in [-0.2, 0) is 15.8 Å². The first-order valence-corrected chi connectivity index (χ1v) is 10.2. The van der Waals surface area contributed by atoms with Gasteiger partial charge in [-0.1, -0.05) is 24.0 Å². The topological polar surface area (TPSA) is 70.8 Å². The first-order chi connectivity index (χ1) is 14.6. The lowest BCUT2D eigenvalue weighted by Gasteiger charge is -2.13. The van der Waals surface area contributed by atoms with Crippen LogP contribution in [0.4, 0.5) is 17.6 Å². The summed E-state index contributed by atoms with van der Waals surface area (Å²) in [6.45, 7) is 0.286. The summed E-state index contributed by atoms with van der Waals surface area (Å²) in [6, 6.07) is 5.45. The van der Waals surface area contributed by atoms with E-state index in [-0.39, 0.29) is 40.9 Å². The van der Waals surface area contributed by atoms with Crippen molar-refractivity contribution in [3.05, 3.63) is 52.4 Å². The summed E-state index contributed by atoms with van der Waals surface area (Å²) in [6.07, 6.45) is -2.53. The molecule has 1 saturated heterocycles. The van der Waals surface area contributed by atoms with Gasteiger partial charge in [0.25, 0.3) is 5.91 Å². The van der Waals surface area contributed by atoms with Crippen molar-refractivity contribution in [3.63, 3.8) is 0 Å². The molecule has 5 nitrogen and oxygen atoms in total. The fourth-order valence-electron chi connectivity index (χ4n) is 2.85. The highest BCUT2D eigenvalue weighted by molar-refractivity contribution is 8.26. The van der Waals surface area contributed by atoms with Gasteiger partial charge in [-0.15, -0.1) is 0 Å². The number of thioether (sulfide) groups is 1. The Morgan fingerprint density at radius 2 is 1.97 bits per heavy atom. The number of carboxylic acid groups (broad SMARTS) is 1. The molecule has 1 fully saturated rings. The Balaban J connectivity index is 1.74. The van der Waals surface area contributed by atoms with E-state index in [1.54, 1.807) is 0 Å². The molecule has 1 aromatic heterocycles. The second-order valence-electron chi connectivity index (χ2n) is 6.58. The maximum Gasteiger partial charge on any atom is 0.419 e. The Hall–Kier alpha value is -2.66. The minimum atomic E-state index is -4.84. The molecular formula is C20H15F4NO4S2. The van der Waals surface area contributed by atoms with Crippen LogP contribution in [0.15, 0.2) is 39.7 Å². The van der Waals surface area contributed by atoms with Gasteiger partial charge in [-0.25, -0.2) is 4.39 Å². The molecule has 1 aliphatic rings. The predicted octanol–water partition coefficient (Wildman–Crippen LogP) is 5.56. The lowest BCUT2D eigenvalue weighted by molar-refractivity contribution is -0.140. The lowest BCUT2D eigenvalue weighted by Crippen LogP contribution is -2.29. The van der Waals surface area contributed by atoms with Gasteiger partial charge in [0.15, 0.2) is 0 Å². The van der Waals surface area contributed by atoms with Crippen molar-refractivity contribution >= 4 is 46.3 Å². The van der Waals surface area contributed by atoms with E-state index in [1.165, 1.54) is 29.2 Å². The lowest BCUT2D eigenvalue weighted by atomic mass is 10.1. The van der Waals surface area contributed by atoms with Crippen LogP contribution < -0.4 is 0 Å². The summed E-state index contributed by atoms with van der Waals surface area (Å²) in [5.74, 6) is -2.35. The highest BCUT2D eigenvalue weighted by Crippen LogP contribution is 2.36. The number of halogens is 4. The number of carbonyl (C=O) groups excluding carboxylic acids is 1. The number of alkyl halides is 3. The predicted molar refractivity (Wildman–Crippen MR) is 110 cm³/mol. The monoisotopic (exact) mass is 473 g/mol. The van der Waals surface area contributed by atoms with E-state index in [0.717, 1.165) is 17.8 Å². The van der Waals surface area contributed by atoms with E-state index in [2.05, 4.69) is 0 Å². The molecule has 31 heavy (non-hydrogen) atoms. The van der Waals surface area contributed by atoms with Crippen molar-refractivity contribution < 1.29 is 36.7 Å². The van der Waals surface area contributed by atoms with Crippen LogP contribution in [0.3, 0.4) is 0 Å². The second-order valence-corrected chi connectivity index (χ2v) is 8.25. The van der Waals surface area contributed by atoms with Crippen LogP contribution in [0.5, 0.6) is 0 Å². The molecule has 0 saturated carbocycles. The molecule has 1 aromatic carbocycles. The molecule has 0 bridgehead atoms. The normalized spacial score (nSPS) is 15.9. The fourth-order valence-corrected chi connectivity index (χ4v) is 4.14. The summed E-state index contributed by atoms with van der Waals surface area (Å²) in [5.41, 5.74) is -1.36. The van der Waals surface area contributed by atoms with Gasteiger partial charge in [0.05, 0.1) is 10.5 Å². The third-order valence-corrected chi connectivity index (χ3v) is 5.73. The number of hydrogen-bond acceptors (Lipinski definition) is 5. The van der Waals surface area contributed by atoms with Gasteiger partial charge < -0.3 is 9.52 Å². The summed E-state index contributed by atoms with van der Waals surface area (Å²) in [4.78, 5) is 24.8. The molecule has 0 unspecified atom stereocenters. The summed E-state index contributed by atoms with van der Waals surface area (Å²) >= 11 is 6.24. The molecule has 3 rings (SSSR count). The van der Waals surface area contributed by atoms with Crippen LogP contribution in [0.25, 0.3) is 17.4 Å². The second kappa shape index (κ2) is 9.23. The highest BCUT2D eigenvalue weighted by Gasteiger charge is 2.35. The van der Waals surface area contributed by atoms with Crippen LogP contribution in [0, 0.1) is 5.82 Å². The molecule has 1 aliphatic heterocycles. The molecule has 1 amide bonds. The van der Waals surface area contributed by atoms with Crippen molar-refractivity contribution in [2.24, 2.45) is 0 Å². The summed E-state index contributed by atoms with van der Waals surface area (Å²) in [5, 5.41) is 8.66. The number of aliphatic carboxylic acids is 1. The quantitative estimate of drug-likeness (QED) is 0.246. The number of carbonyl (C=O) groups is 2. The Morgan fingerprint density at radius 1 is 1.23 bits per heavy atom. The van der Waals surface area contributed by atoms with E-state index in [4.69, 9.17) is 21.7 Å². The van der Waals surface area contributed by atoms with Crippen LogP contribution in [0.1, 0.15) is 30.6 Å². The molecular weight excluding hydrogens is 458 g/mol. The first kappa shape index (κ1) is 23.0. The van der Waals surface area contributed by atoms with Gasteiger partial charge in [-0.05, 0) is 43.2 Å². The third-order valence-electron chi connectivity index (χ3n) is 4.35. The van der Waals surface area contributed by atoms with Gasteiger partial charge in [-0.3, -0.25) is 14.5 Å². The third kappa shape index (κ3) is 5.53. The smallest absolute Gasteiger partial charge is 0.419 e. The molecule has 0 radical (unpaired) electrons. The van der Waals surface area contributed by atoms with Crippen molar-refractivity contribution in [2.75, 3.05) is 6.54 Å². The number of furan rings is 1. The molecule has 164 valence electrons. The van der Waals surface area contributed by atoms with Crippen molar-refractivity contribution in [2.45, 2.75) is 25.4 Å². The van der Waals surface area contributed by atoms with Crippen LogP contribution in [-0.4, -0.2) is 32.7 Å². The van der Waals surface area contributed by atoms with E-state index < -0.39 is 23.5 Å². The van der Waals surface area contributed by atoms with E-state index in [1.807, 2.05) is 0 Å².